The molecule has 0 aromatic rings. The lowest BCUT2D eigenvalue weighted by atomic mass is 10.0. The summed E-state index contributed by atoms with van der Waals surface area (Å²) in [5.41, 5.74) is 0. The molecule has 1 amide bonds. The molecule has 0 aromatic carbocycles. The summed E-state index contributed by atoms with van der Waals surface area (Å²) in [6.07, 6.45) is 5.14. The molecule has 0 radical (unpaired) electrons. The summed E-state index contributed by atoms with van der Waals surface area (Å²) in [7, 11) is 1.65. The van der Waals surface area contributed by atoms with Crippen molar-refractivity contribution in [3.05, 3.63) is 0 Å². The van der Waals surface area contributed by atoms with Crippen molar-refractivity contribution in [2.24, 2.45) is 5.92 Å². The van der Waals surface area contributed by atoms with Gasteiger partial charge in [0.1, 0.15) is 0 Å². The van der Waals surface area contributed by atoms with Crippen LogP contribution in [0.1, 0.15) is 32.6 Å². The van der Waals surface area contributed by atoms with Crippen molar-refractivity contribution in [3.63, 3.8) is 0 Å². The van der Waals surface area contributed by atoms with E-state index < -0.39 is 0 Å². The summed E-state index contributed by atoms with van der Waals surface area (Å²) in [6, 6.07) is 0.743. The van der Waals surface area contributed by atoms with Crippen molar-refractivity contribution >= 4 is 5.91 Å². The highest BCUT2D eigenvalue weighted by molar-refractivity contribution is 5.78. The third kappa shape index (κ3) is 5.77. The van der Waals surface area contributed by atoms with Gasteiger partial charge in [-0.3, -0.25) is 9.69 Å². The summed E-state index contributed by atoms with van der Waals surface area (Å²) < 4.78 is 5.02. The van der Waals surface area contributed by atoms with E-state index in [1.165, 1.54) is 19.4 Å². The Kier molecular flexibility index (Phi) is 6.26. The minimum Gasteiger partial charge on any atom is -0.383 e. The van der Waals surface area contributed by atoms with Crippen LogP contribution in [0.25, 0.3) is 0 Å². The van der Waals surface area contributed by atoms with Crippen LogP contribution < -0.4 is 10.6 Å². The fourth-order valence-electron chi connectivity index (χ4n) is 2.77. The molecule has 1 aliphatic carbocycles. The number of hydrogen-bond acceptors (Lipinski definition) is 4. The second-order valence-electron chi connectivity index (χ2n) is 6.33. The van der Waals surface area contributed by atoms with Crippen LogP contribution in [0.2, 0.25) is 0 Å². The molecular weight excluding hydrogens is 254 g/mol. The summed E-state index contributed by atoms with van der Waals surface area (Å²) in [5, 5.41) is 6.63. The first-order valence-corrected chi connectivity index (χ1v) is 7.91. The van der Waals surface area contributed by atoms with Crippen LogP contribution in [-0.2, 0) is 9.53 Å². The second-order valence-corrected chi connectivity index (χ2v) is 6.33. The van der Waals surface area contributed by atoms with Crippen molar-refractivity contribution in [3.8, 4) is 0 Å². The van der Waals surface area contributed by atoms with Crippen molar-refractivity contribution in [2.45, 2.75) is 44.7 Å². The minimum atomic E-state index is 0.0882. The third-order valence-corrected chi connectivity index (χ3v) is 4.17. The highest BCUT2D eigenvalue weighted by atomic mass is 16.5. The Hall–Kier alpha value is -0.650. The predicted molar refractivity (Wildman–Crippen MR) is 79.7 cm³/mol. The summed E-state index contributed by atoms with van der Waals surface area (Å²) in [6.45, 7) is 6.29. The van der Waals surface area contributed by atoms with Gasteiger partial charge in [0.05, 0.1) is 13.2 Å². The Morgan fingerprint density at radius 1 is 1.30 bits per heavy atom. The fourth-order valence-corrected chi connectivity index (χ4v) is 2.77. The van der Waals surface area contributed by atoms with Crippen LogP contribution in [0.5, 0.6) is 0 Å². The number of rotatable bonds is 8. The van der Waals surface area contributed by atoms with Gasteiger partial charge in [0.15, 0.2) is 0 Å². The average Bonchev–Trinajstić information content (AvgIpc) is 3.22. The first-order valence-electron chi connectivity index (χ1n) is 7.91. The lowest BCUT2D eigenvalue weighted by molar-refractivity contribution is -0.123. The molecule has 1 atom stereocenters. The number of carbonyl (C=O) groups is 1. The maximum absolute atomic E-state index is 11.9. The first kappa shape index (κ1) is 15.7. The molecule has 0 bridgehead atoms. The highest BCUT2D eigenvalue weighted by Gasteiger charge is 2.25. The molecule has 2 fully saturated rings. The molecule has 1 saturated heterocycles. The average molecular weight is 283 g/mol. The van der Waals surface area contributed by atoms with E-state index in [1.54, 1.807) is 7.11 Å². The molecular formula is C15H29N3O2. The van der Waals surface area contributed by atoms with Gasteiger partial charge in [-0.1, -0.05) is 0 Å². The molecule has 1 saturated carbocycles. The molecule has 2 N–H and O–H groups in total. The zero-order chi connectivity index (χ0) is 14.4. The SMILES string of the molecule is COCC(C)NC(=O)CN1CCC(NCC2CC2)CC1. The standard InChI is InChI=1S/C15H29N3O2/c1-12(11-20-2)17-15(19)10-18-7-5-14(6-8-18)16-9-13-3-4-13/h12-14,16H,3-11H2,1-2H3,(H,17,19). The largest absolute Gasteiger partial charge is 0.383 e. The van der Waals surface area contributed by atoms with Gasteiger partial charge in [0, 0.05) is 32.3 Å². The zero-order valence-electron chi connectivity index (χ0n) is 12.9. The molecule has 2 rings (SSSR count). The van der Waals surface area contributed by atoms with E-state index in [0.717, 1.165) is 31.8 Å². The van der Waals surface area contributed by atoms with Crippen LogP contribution in [-0.4, -0.2) is 62.8 Å². The number of nitrogens with one attached hydrogen (secondary N) is 2. The van der Waals surface area contributed by atoms with Crippen LogP contribution in [0.3, 0.4) is 0 Å². The predicted octanol–water partition coefficient (Wildman–Crippen LogP) is 0.602. The number of hydrogen-bond donors (Lipinski definition) is 2. The topological polar surface area (TPSA) is 53.6 Å². The maximum Gasteiger partial charge on any atom is 0.234 e. The van der Waals surface area contributed by atoms with Gasteiger partial charge in [-0.15, -0.1) is 0 Å². The van der Waals surface area contributed by atoms with Gasteiger partial charge >= 0.3 is 0 Å². The Balaban J connectivity index is 1.57. The first-order chi connectivity index (χ1) is 9.67. The van der Waals surface area contributed by atoms with E-state index in [-0.39, 0.29) is 11.9 Å². The van der Waals surface area contributed by atoms with Gasteiger partial charge in [0.25, 0.3) is 0 Å². The van der Waals surface area contributed by atoms with Gasteiger partial charge in [-0.2, -0.15) is 0 Å². The Morgan fingerprint density at radius 3 is 2.60 bits per heavy atom. The van der Waals surface area contributed by atoms with E-state index in [1.807, 2.05) is 6.92 Å². The van der Waals surface area contributed by atoms with Gasteiger partial charge < -0.3 is 15.4 Å². The summed E-state index contributed by atoms with van der Waals surface area (Å²) in [5.74, 6) is 1.06. The number of piperidine rings is 1. The molecule has 5 nitrogen and oxygen atoms in total. The molecule has 1 heterocycles. The Labute approximate surface area is 122 Å². The normalized spacial score (nSPS) is 22.7. The Bertz CT molecular complexity index is 299. The number of carbonyl (C=O) groups excluding carboxylic acids is 1. The van der Waals surface area contributed by atoms with E-state index >= 15 is 0 Å². The van der Waals surface area contributed by atoms with Crippen LogP contribution in [0, 0.1) is 5.92 Å². The van der Waals surface area contributed by atoms with Crippen LogP contribution >= 0.6 is 0 Å². The number of methoxy groups -OCH3 is 1. The monoisotopic (exact) mass is 283 g/mol. The molecule has 0 aromatic heterocycles. The molecule has 116 valence electrons. The molecule has 0 spiro atoms. The highest BCUT2D eigenvalue weighted by Crippen LogP contribution is 2.28. The van der Waals surface area contributed by atoms with Crippen LogP contribution in [0.15, 0.2) is 0 Å². The van der Waals surface area contributed by atoms with E-state index in [2.05, 4.69) is 15.5 Å². The van der Waals surface area contributed by atoms with Crippen molar-refractivity contribution in [1.29, 1.82) is 0 Å². The molecule has 2 aliphatic rings. The van der Waals surface area contributed by atoms with E-state index in [0.29, 0.717) is 19.2 Å². The van der Waals surface area contributed by atoms with Gasteiger partial charge in [0.2, 0.25) is 5.91 Å². The molecule has 5 heteroatoms. The summed E-state index contributed by atoms with van der Waals surface area (Å²) >= 11 is 0. The van der Waals surface area contributed by atoms with Crippen molar-refractivity contribution < 1.29 is 9.53 Å². The molecule has 1 unspecified atom stereocenters. The minimum absolute atomic E-state index is 0.0882. The second kappa shape index (κ2) is 7.96. The quantitative estimate of drug-likeness (QED) is 0.685. The van der Waals surface area contributed by atoms with Crippen molar-refractivity contribution in [2.75, 3.05) is 39.9 Å². The Morgan fingerprint density at radius 2 is 2.00 bits per heavy atom. The van der Waals surface area contributed by atoms with Crippen LogP contribution in [0.4, 0.5) is 0 Å². The maximum atomic E-state index is 11.9. The van der Waals surface area contributed by atoms with E-state index in [4.69, 9.17) is 4.74 Å². The van der Waals surface area contributed by atoms with Crippen molar-refractivity contribution in [1.82, 2.24) is 15.5 Å². The number of nitrogens with zero attached hydrogens (tertiary/aromatic N) is 1. The number of likely N-dealkylation sites (tertiary alicyclic amines) is 1. The smallest absolute Gasteiger partial charge is 0.234 e. The molecule has 20 heavy (non-hydrogen) atoms. The third-order valence-electron chi connectivity index (χ3n) is 4.17. The van der Waals surface area contributed by atoms with Gasteiger partial charge in [-0.25, -0.2) is 0 Å². The molecule has 1 aliphatic heterocycles. The fraction of sp³-hybridized carbons (Fsp3) is 0.933. The lowest BCUT2D eigenvalue weighted by Crippen LogP contribution is -2.48. The summed E-state index contributed by atoms with van der Waals surface area (Å²) in [4.78, 5) is 14.1. The number of amides is 1. The van der Waals surface area contributed by atoms with E-state index in [9.17, 15) is 4.79 Å². The zero-order valence-corrected chi connectivity index (χ0v) is 12.9. The number of ether oxygens (including phenoxy) is 1. The lowest BCUT2D eigenvalue weighted by Gasteiger charge is -2.32. The van der Waals surface area contributed by atoms with Gasteiger partial charge in [-0.05, 0) is 45.1 Å².